The smallest absolute Gasteiger partial charge is 0.0410 e. The van der Waals surface area contributed by atoms with Gasteiger partial charge in [0.25, 0.3) is 0 Å². The lowest BCUT2D eigenvalue weighted by molar-refractivity contribution is 0.497. The number of unbranched alkanes of at least 4 members (excludes halogenated alkanes) is 5. The lowest BCUT2D eigenvalue weighted by atomic mass is 10.0. The van der Waals surface area contributed by atoms with Crippen molar-refractivity contribution in [3.8, 4) is 0 Å². The Kier molecular flexibility index (Phi) is 8.27. The van der Waals surface area contributed by atoms with Crippen LogP contribution in [0.4, 0.5) is 0 Å². The van der Waals surface area contributed by atoms with Gasteiger partial charge in [0.1, 0.15) is 0 Å². The second-order valence-corrected chi connectivity index (χ2v) is 5.75. The molecule has 1 aromatic rings. The van der Waals surface area contributed by atoms with Gasteiger partial charge in [-0.25, -0.2) is 0 Å². The third-order valence-corrected chi connectivity index (χ3v) is 3.76. The molecule has 18 heavy (non-hydrogen) atoms. The molecule has 102 valence electrons. The Bertz CT molecular complexity index is 328. The molecule has 0 saturated heterocycles. The minimum absolute atomic E-state index is 0.432. The van der Waals surface area contributed by atoms with E-state index in [0.717, 1.165) is 4.47 Å². The number of halogens is 1. The zero-order chi connectivity index (χ0) is 13.2. The lowest BCUT2D eigenvalue weighted by Gasteiger charge is -2.16. The highest BCUT2D eigenvalue weighted by Gasteiger charge is 2.09. The van der Waals surface area contributed by atoms with Crippen LogP contribution in [0, 0.1) is 0 Å². The Morgan fingerprint density at radius 3 is 2.56 bits per heavy atom. The Balaban J connectivity index is 2.29. The van der Waals surface area contributed by atoms with Crippen molar-refractivity contribution >= 4 is 15.9 Å². The van der Waals surface area contributed by atoms with Crippen LogP contribution in [0.5, 0.6) is 0 Å². The van der Waals surface area contributed by atoms with Crippen LogP contribution in [0.25, 0.3) is 0 Å². The third-order valence-electron chi connectivity index (χ3n) is 3.32. The van der Waals surface area contributed by atoms with E-state index in [9.17, 15) is 0 Å². The molecule has 0 spiro atoms. The Morgan fingerprint density at radius 1 is 1.17 bits per heavy atom. The second kappa shape index (κ2) is 9.51. The van der Waals surface area contributed by atoms with Crippen molar-refractivity contribution < 1.29 is 0 Å². The highest BCUT2D eigenvalue weighted by molar-refractivity contribution is 9.10. The van der Waals surface area contributed by atoms with Crippen LogP contribution < -0.4 is 5.32 Å². The molecule has 0 aliphatic heterocycles. The summed E-state index contributed by atoms with van der Waals surface area (Å²) in [5.74, 6) is 0. The highest BCUT2D eigenvalue weighted by atomic mass is 79.9. The second-order valence-electron chi connectivity index (χ2n) is 4.83. The van der Waals surface area contributed by atoms with Gasteiger partial charge in [-0.1, -0.05) is 45.4 Å². The number of pyridine rings is 1. The molecule has 0 aliphatic carbocycles. The fourth-order valence-corrected chi connectivity index (χ4v) is 2.61. The van der Waals surface area contributed by atoms with Gasteiger partial charge >= 0.3 is 0 Å². The molecular formula is C15H25BrN2. The van der Waals surface area contributed by atoms with Gasteiger partial charge < -0.3 is 5.32 Å². The molecule has 0 bridgehead atoms. The van der Waals surface area contributed by atoms with Crippen LogP contribution >= 0.6 is 15.9 Å². The topological polar surface area (TPSA) is 24.9 Å². The molecule has 3 heteroatoms. The van der Waals surface area contributed by atoms with E-state index in [1.807, 2.05) is 19.4 Å². The van der Waals surface area contributed by atoms with Crippen LogP contribution in [0.1, 0.15) is 63.5 Å². The summed E-state index contributed by atoms with van der Waals surface area (Å²) in [6.45, 7) is 2.26. The van der Waals surface area contributed by atoms with E-state index in [0.29, 0.717) is 6.04 Å². The highest BCUT2D eigenvalue weighted by Crippen LogP contribution is 2.21. The zero-order valence-electron chi connectivity index (χ0n) is 11.6. The number of aromatic nitrogens is 1. The number of nitrogens with one attached hydrogen (secondary N) is 1. The molecule has 0 amide bonds. The predicted octanol–water partition coefficient (Wildman–Crippen LogP) is 4.86. The summed E-state index contributed by atoms with van der Waals surface area (Å²) in [5.41, 5.74) is 1.28. The summed E-state index contributed by atoms with van der Waals surface area (Å²) < 4.78 is 1.06. The van der Waals surface area contributed by atoms with Crippen molar-refractivity contribution in [1.29, 1.82) is 0 Å². The van der Waals surface area contributed by atoms with E-state index in [4.69, 9.17) is 0 Å². The summed E-state index contributed by atoms with van der Waals surface area (Å²) in [6.07, 6.45) is 13.1. The molecule has 2 nitrogen and oxygen atoms in total. The van der Waals surface area contributed by atoms with Crippen molar-refractivity contribution in [2.24, 2.45) is 0 Å². The monoisotopic (exact) mass is 312 g/mol. The molecule has 0 aliphatic rings. The number of hydrogen-bond donors (Lipinski definition) is 1. The normalized spacial score (nSPS) is 12.6. The number of hydrogen-bond acceptors (Lipinski definition) is 2. The first-order chi connectivity index (χ1) is 8.77. The molecular weight excluding hydrogens is 288 g/mol. The predicted molar refractivity (Wildman–Crippen MR) is 81.7 cm³/mol. The van der Waals surface area contributed by atoms with E-state index < -0.39 is 0 Å². The Morgan fingerprint density at radius 2 is 1.89 bits per heavy atom. The maximum atomic E-state index is 4.23. The van der Waals surface area contributed by atoms with Crippen molar-refractivity contribution in [1.82, 2.24) is 10.3 Å². The SMILES string of the molecule is CCCCCCCCC(NC)c1cncc(Br)c1. The van der Waals surface area contributed by atoms with Gasteiger partial charge in [-0.3, -0.25) is 4.98 Å². The van der Waals surface area contributed by atoms with Crippen LogP contribution in [0.15, 0.2) is 22.9 Å². The first kappa shape index (κ1) is 15.6. The first-order valence-electron chi connectivity index (χ1n) is 7.05. The van der Waals surface area contributed by atoms with Crippen LogP contribution in [0.3, 0.4) is 0 Å². The molecule has 0 radical (unpaired) electrons. The van der Waals surface area contributed by atoms with Crippen LogP contribution in [-0.2, 0) is 0 Å². The standard InChI is InChI=1S/C15H25BrN2/c1-3-4-5-6-7-8-9-15(17-2)13-10-14(16)12-18-11-13/h10-12,15,17H,3-9H2,1-2H3. The largest absolute Gasteiger partial charge is 0.313 e. The lowest BCUT2D eigenvalue weighted by Crippen LogP contribution is -2.16. The molecule has 1 heterocycles. The van der Waals surface area contributed by atoms with E-state index >= 15 is 0 Å². The van der Waals surface area contributed by atoms with E-state index in [1.165, 1.54) is 50.5 Å². The quantitative estimate of drug-likeness (QED) is 0.659. The van der Waals surface area contributed by atoms with Crippen molar-refractivity contribution in [3.63, 3.8) is 0 Å². The maximum absolute atomic E-state index is 4.23. The Labute approximate surface area is 120 Å². The van der Waals surface area contributed by atoms with E-state index in [2.05, 4.69) is 39.2 Å². The minimum Gasteiger partial charge on any atom is -0.313 e. The molecule has 0 saturated carbocycles. The average molecular weight is 313 g/mol. The van der Waals surface area contributed by atoms with Gasteiger partial charge in [0, 0.05) is 22.9 Å². The zero-order valence-corrected chi connectivity index (χ0v) is 13.2. The number of rotatable bonds is 9. The summed E-state index contributed by atoms with van der Waals surface area (Å²) in [7, 11) is 2.03. The average Bonchev–Trinajstić information content (AvgIpc) is 2.38. The fraction of sp³-hybridized carbons (Fsp3) is 0.667. The molecule has 1 unspecified atom stereocenters. The van der Waals surface area contributed by atoms with Gasteiger partial charge in [0.15, 0.2) is 0 Å². The first-order valence-corrected chi connectivity index (χ1v) is 7.85. The van der Waals surface area contributed by atoms with Crippen molar-refractivity contribution in [2.45, 2.75) is 57.9 Å². The number of nitrogens with zero attached hydrogens (tertiary/aromatic N) is 1. The fourth-order valence-electron chi connectivity index (χ4n) is 2.23. The van der Waals surface area contributed by atoms with Gasteiger partial charge in [-0.2, -0.15) is 0 Å². The van der Waals surface area contributed by atoms with Gasteiger partial charge in [0.05, 0.1) is 0 Å². The molecule has 0 aromatic carbocycles. The molecule has 1 atom stereocenters. The summed E-state index contributed by atoms with van der Waals surface area (Å²) in [4.78, 5) is 4.23. The third kappa shape index (κ3) is 5.96. The van der Waals surface area contributed by atoms with Crippen molar-refractivity contribution in [3.05, 3.63) is 28.5 Å². The van der Waals surface area contributed by atoms with E-state index in [-0.39, 0.29) is 0 Å². The van der Waals surface area contributed by atoms with E-state index in [1.54, 1.807) is 0 Å². The Hall–Kier alpha value is -0.410. The van der Waals surface area contributed by atoms with Crippen LogP contribution in [0.2, 0.25) is 0 Å². The van der Waals surface area contributed by atoms with Gasteiger partial charge in [-0.05, 0) is 41.0 Å². The van der Waals surface area contributed by atoms with Gasteiger partial charge in [0.2, 0.25) is 0 Å². The summed E-state index contributed by atoms with van der Waals surface area (Å²) in [6, 6.07) is 2.59. The molecule has 1 N–H and O–H groups in total. The maximum Gasteiger partial charge on any atom is 0.0410 e. The molecule has 1 aromatic heterocycles. The van der Waals surface area contributed by atoms with Crippen LogP contribution in [-0.4, -0.2) is 12.0 Å². The molecule has 0 fully saturated rings. The molecule has 1 rings (SSSR count). The summed E-state index contributed by atoms with van der Waals surface area (Å²) in [5, 5.41) is 3.39. The minimum atomic E-state index is 0.432. The summed E-state index contributed by atoms with van der Waals surface area (Å²) >= 11 is 3.48. The van der Waals surface area contributed by atoms with Gasteiger partial charge in [-0.15, -0.1) is 0 Å². The van der Waals surface area contributed by atoms with Crippen molar-refractivity contribution in [2.75, 3.05) is 7.05 Å².